The van der Waals surface area contributed by atoms with Crippen molar-refractivity contribution in [3.63, 3.8) is 0 Å². The van der Waals surface area contributed by atoms with Crippen molar-refractivity contribution in [1.82, 2.24) is 4.72 Å². The molecule has 0 atom stereocenters. The van der Waals surface area contributed by atoms with Gasteiger partial charge in [-0.15, -0.1) is 0 Å². The third-order valence-electron chi connectivity index (χ3n) is 1.95. The fourth-order valence-corrected chi connectivity index (χ4v) is 2.15. The molecule has 7 heteroatoms. The molecule has 18 heavy (non-hydrogen) atoms. The summed E-state index contributed by atoms with van der Waals surface area (Å²) in [5.41, 5.74) is 0.433. The fraction of sp³-hybridized carbons (Fsp3) is 0.364. The second-order valence-electron chi connectivity index (χ2n) is 3.47. The van der Waals surface area contributed by atoms with Gasteiger partial charge in [-0.1, -0.05) is 6.92 Å². The van der Waals surface area contributed by atoms with Gasteiger partial charge in [0.15, 0.2) is 6.61 Å². The van der Waals surface area contributed by atoms with E-state index in [0.717, 1.165) is 6.42 Å². The van der Waals surface area contributed by atoms with E-state index in [2.05, 4.69) is 9.44 Å². The molecule has 1 aromatic rings. The van der Waals surface area contributed by atoms with Crippen molar-refractivity contribution in [1.29, 1.82) is 5.26 Å². The van der Waals surface area contributed by atoms with Crippen LogP contribution in [0.5, 0.6) is 5.75 Å². The minimum absolute atomic E-state index is 0.0386. The van der Waals surface area contributed by atoms with E-state index in [1.54, 1.807) is 24.3 Å². The molecule has 0 fully saturated rings. The summed E-state index contributed by atoms with van der Waals surface area (Å²) in [5.74, 6) is 0.515. The van der Waals surface area contributed by atoms with E-state index in [0.29, 0.717) is 18.0 Å². The third kappa shape index (κ3) is 5.03. The lowest BCUT2D eigenvalue weighted by Crippen LogP contribution is -2.30. The van der Waals surface area contributed by atoms with E-state index in [1.165, 1.54) is 0 Å². The SMILES string of the molecule is CCCNS(=O)(=O)Nc1ccc(OCC#N)cc1. The van der Waals surface area contributed by atoms with Crippen LogP contribution in [0.15, 0.2) is 24.3 Å². The van der Waals surface area contributed by atoms with Gasteiger partial charge in [0.05, 0.1) is 0 Å². The first kappa shape index (κ1) is 14.3. The predicted octanol–water partition coefficient (Wildman–Crippen LogP) is 1.25. The van der Waals surface area contributed by atoms with Crippen molar-refractivity contribution < 1.29 is 13.2 Å². The van der Waals surface area contributed by atoms with E-state index in [9.17, 15) is 8.42 Å². The number of nitriles is 1. The Morgan fingerprint density at radius 2 is 2.00 bits per heavy atom. The molecular weight excluding hydrogens is 254 g/mol. The Morgan fingerprint density at radius 1 is 1.33 bits per heavy atom. The van der Waals surface area contributed by atoms with Crippen LogP contribution in [0.3, 0.4) is 0 Å². The number of benzene rings is 1. The Labute approximate surface area is 107 Å². The monoisotopic (exact) mass is 269 g/mol. The molecule has 2 N–H and O–H groups in total. The van der Waals surface area contributed by atoms with Crippen molar-refractivity contribution in [2.75, 3.05) is 17.9 Å². The zero-order valence-electron chi connectivity index (χ0n) is 10.0. The molecule has 0 aromatic heterocycles. The van der Waals surface area contributed by atoms with Crippen LogP contribution in [0.2, 0.25) is 0 Å². The Morgan fingerprint density at radius 3 is 2.56 bits per heavy atom. The van der Waals surface area contributed by atoms with Crippen LogP contribution in [0.4, 0.5) is 5.69 Å². The second-order valence-corrected chi connectivity index (χ2v) is 4.97. The quantitative estimate of drug-likeness (QED) is 0.779. The first-order valence-electron chi connectivity index (χ1n) is 5.44. The lowest BCUT2D eigenvalue weighted by molar-refractivity contribution is 0.368. The van der Waals surface area contributed by atoms with E-state index in [4.69, 9.17) is 10.00 Å². The molecule has 0 amide bonds. The topological polar surface area (TPSA) is 91.2 Å². The smallest absolute Gasteiger partial charge is 0.299 e. The first-order valence-corrected chi connectivity index (χ1v) is 6.93. The highest BCUT2D eigenvalue weighted by Crippen LogP contribution is 2.16. The highest BCUT2D eigenvalue weighted by molar-refractivity contribution is 7.90. The van der Waals surface area contributed by atoms with E-state index in [-0.39, 0.29) is 6.61 Å². The Balaban J connectivity index is 2.61. The van der Waals surface area contributed by atoms with Gasteiger partial charge in [0.1, 0.15) is 11.8 Å². The standard InChI is InChI=1S/C11H15N3O3S/c1-2-8-13-18(15,16)14-10-3-5-11(6-4-10)17-9-7-12/h3-6,13-14H,2,8-9H2,1H3. The Hall–Kier alpha value is -1.78. The summed E-state index contributed by atoms with van der Waals surface area (Å²) >= 11 is 0. The number of nitrogens with one attached hydrogen (secondary N) is 2. The van der Waals surface area contributed by atoms with Crippen molar-refractivity contribution in [3.05, 3.63) is 24.3 Å². The average molecular weight is 269 g/mol. The van der Waals surface area contributed by atoms with Crippen LogP contribution in [-0.4, -0.2) is 21.6 Å². The van der Waals surface area contributed by atoms with Crippen LogP contribution >= 0.6 is 0 Å². The van der Waals surface area contributed by atoms with Gasteiger partial charge in [0, 0.05) is 12.2 Å². The van der Waals surface area contributed by atoms with Gasteiger partial charge in [-0.05, 0) is 30.7 Å². The van der Waals surface area contributed by atoms with Crippen LogP contribution in [0.25, 0.3) is 0 Å². The number of hydrogen-bond donors (Lipinski definition) is 2. The van der Waals surface area contributed by atoms with Gasteiger partial charge in [0.25, 0.3) is 10.2 Å². The highest BCUT2D eigenvalue weighted by Gasteiger charge is 2.08. The zero-order chi connectivity index (χ0) is 13.4. The van der Waals surface area contributed by atoms with Gasteiger partial charge in [-0.25, -0.2) is 0 Å². The third-order valence-corrected chi connectivity index (χ3v) is 3.04. The molecule has 0 bridgehead atoms. The number of rotatable bonds is 7. The molecule has 0 saturated heterocycles. The summed E-state index contributed by atoms with van der Waals surface area (Å²) < 4.78 is 32.9. The summed E-state index contributed by atoms with van der Waals surface area (Å²) in [4.78, 5) is 0. The van der Waals surface area contributed by atoms with Crippen molar-refractivity contribution in [2.45, 2.75) is 13.3 Å². The van der Waals surface area contributed by atoms with E-state index >= 15 is 0 Å². The molecule has 98 valence electrons. The molecule has 0 radical (unpaired) electrons. The summed E-state index contributed by atoms with van der Waals surface area (Å²) in [6.07, 6.45) is 0.724. The minimum atomic E-state index is -3.52. The van der Waals surface area contributed by atoms with Crippen molar-refractivity contribution in [3.8, 4) is 11.8 Å². The fourth-order valence-electron chi connectivity index (χ4n) is 1.16. The second kappa shape index (κ2) is 6.83. The van der Waals surface area contributed by atoms with Gasteiger partial charge >= 0.3 is 0 Å². The zero-order valence-corrected chi connectivity index (χ0v) is 10.8. The summed E-state index contributed by atoms with van der Waals surface area (Å²) in [7, 11) is -3.52. The summed E-state index contributed by atoms with van der Waals surface area (Å²) in [5, 5.41) is 8.34. The lowest BCUT2D eigenvalue weighted by Gasteiger charge is -2.09. The largest absolute Gasteiger partial charge is 0.479 e. The molecular formula is C11H15N3O3S. The van der Waals surface area contributed by atoms with Gasteiger partial charge in [-0.3, -0.25) is 4.72 Å². The van der Waals surface area contributed by atoms with Crippen LogP contribution in [0.1, 0.15) is 13.3 Å². The maximum Gasteiger partial charge on any atom is 0.299 e. The highest BCUT2D eigenvalue weighted by atomic mass is 32.2. The number of anilines is 1. The number of ether oxygens (including phenoxy) is 1. The molecule has 0 aliphatic rings. The predicted molar refractivity (Wildman–Crippen MR) is 68.4 cm³/mol. The number of hydrogen-bond acceptors (Lipinski definition) is 4. The lowest BCUT2D eigenvalue weighted by atomic mass is 10.3. The maximum absolute atomic E-state index is 11.5. The van der Waals surface area contributed by atoms with E-state index < -0.39 is 10.2 Å². The molecule has 0 unspecified atom stereocenters. The van der Waals surface area contributed by atoms with Gasteiger partial charge in [0.2, 0.25) is 0 Å². The molecule has 0 aliphatic heterocycles. The Kier molecular flexibility index (Phi) is 5.42. The molecule has 1 aromatic carbocycles. The molecule has 0 spiro atoms. The maximum atomic E-state index is 11.5. The number of nitrogens with zero attached hydrogens (tertiary/aromatic N) is 1. The summed E-state index contributed by atoms with van der Waals surface area (Å²) in [6, 6.07) is 8.17. The van der Waals surface area contributed by atoms with Gasteiger partial charge < -0.3 is 4.74 Å². The normalized spacial score (nSPS) is 10.7. The average Bonchev–Trinajstić information content (AvgIpc) is 2.35. The molecule has 0 heterocycles. The van der Waals surface area contributed by atoms with E-state index in [1.807, 2.05) is 13.0 Å². The van der Waals surface area contributed by atoms with Crippen molar-refractivity contribution >= 4 is 15.9 Å². The molecule has 6 nitrogen and oxygen atoms in total. The summed E-state index contributed by atoms with van der Waals surface area (Å²) in [6.45, 7) is 2.23. The molecule has 1 rings (SSSR count). The molecule has 0 aliphatic carbocycles. The van der Waals surface area contributed by atoms with Gasteiger partial charge in [-0.2, -0.15) is 18.4 Å². The minimum Gasteiger partial charge on any atom is -0.479 e. The van der Waals surface area contributed by atoms with Crippen LogP contribution in [0, 0.1) is 11.3 Å². The first-order chi connectivity index (χ1) is 8.57. The molecule has 0 saturated carbocycles. The Bertz CT molecular complexity index is 505. The van der Waals surface area contributed by atoms with Crippen molar-refractivity contribution in [2.24, 2.45) is 0 Å². The van der Waals surface area contributed by atoms with Crippen LogP contribution < -0.4 is 14.2 Å². The van der Waals surface area contributed by atoms with Crippen LogP contribution in [-0.2, 0) is 10.2 Å².